The highest BCUT2D eigenvalue weighted by atomic mass is 16.5. The summed E-state index contributed by atoms with van der Waals surface area (Å²) in [5.41, 5.74) is 0.642. The Labute approximate surface area is 112 Å². The van der Waals surface area contributed by atoms with E-state index in [0.29, 0.717) is 23.7 Å². The zero-order chi connectivity index (χ0) is 13.7. The molecule has 0 saturated carbocycles. The van der Waals surface area contributed by atoms with E-state index in [9.17, 15) is 4.79 Å². The van der Waals surface area contributed by atoms with Gasteiger partial charge in [0.1, 0.15) is 17.2 Å². The second-order valence-corrected chi connectivity index (χ2v) is 4.09. The summed E-state index contributed by atoms with van der Waals surface area (Å²) in [7, 11) is 0. The van der Waals surface area contributed by atoms with E-state index >= 15 is 0 Å². The van der Waals surface area contributed by atoms with Crippen molar-refractivity contribution in [2.24, 2.45) is 0 Å². The van der Waals surface area contributed by atoms with Gasteiger partial charge in [-0.2, -0.15) is 0 Å². The first-order valence-electron chi connectivity index (χ1n) is 6.21. The summed E-state index contributed by atoms with van der Waals surface area (Å²) in [6, 6.07) is 14.5. The van der Waals surface area contributed by atoms with Gasteiger partial charge in [-0.3, -0.25) is 4.79 Å². The molecule has 2 aromatic rings. The zero-order valence-electron chi connectivity index (χ0n) is 11.1. The Bertz CT molecular complexity index is 558. The van der Waals surface area contributed by atoms with E-state index in [-0.39, 0.29) is 5.78 Å². The number of carbonyl (C=O) groups excluding carboxylic acids is 1. The maximum absolute atomic E-state index is 11.3. The number of ether oxygens (including phenoxy) is 2. The monoisotopic (exact) mass is 256 g/mol. The lowest BCUT2D eigenvalue weighted by Gasteiger charge is -2.08. The number of hydrogen-bond donors (Lipinski definition) is 0. The Hall–Kier alpha value is -2.29. The second kappa shape index (κ2) is 6.05. The number of Topliss-reactive ketones (excluding diaryl/α,β-unsaturated/α-hetero) is 1. The molecule has 3 heteroatoms. The molecule has 0 aliphatic heterocycles. The molecule has 0 bridgehead atoms. The van der Waals surface area contributed by atoms with Crippen LogP contribution in [0.2, 0.25) is 0 Å². The van der Waals surface area contributed by atoms with Crippen LogP contribution in [0.4, 0.5) is 0 Å². The van der Waals surface area contributed by atoms with Crippen LogP contribution in [0.25, 0.3) is 0 Å². The number of ketones is 1. The highest BCUT2D eigenvalue weighted by Gasteiger charge is 2.02. The van der Waals surface area contributed by atoms with Gasteiger partial charge >= 0.3 is 0 Å². The molecule has 2 aromatic carbocycles. The molecule has 19 heavy (non-hydrogen) atoms. The Morgan fingerprint density at radius 3 is 2.32 bits per heavy atom. The van der Waals surface area contributed by atoms with Crippen molar-refractivity contribution in [3.8, 4) is 17.2 Å². The number of rotatable bonds is 5. The topological polar surface area (TPSA) is 35.5 Å². The van der Waals surface area contributed by atoms with Crippen LogP contribution in [0, 0.1) is 0 Å². The molecule has 2 rings (SSSR count). The van der Waals surface area contributed by atoms with Crippen LogP contribution >= 0.6 is 0 Å². The molecular weight excluding hydrogens is 240 g/mol. The van der Waals surface area contributed by atoms with Crippen molar-refractivity contribution in [2.45, 2.75) is 13.8 Å². The molecule has 0 N–H and O–H groups in total. The molecule has 0 amide bonds. The van der Waals surface area contributed by atoms with Crippen molar-refractivity contribution < 1.29 is 14.3 Å². The smallest absolute Gasteiger partial charge is 0.159 e. The summed E-state index contributed by atoms with van der Waals surface area (Å²) in [4.78, 5) is 11.3. The van der Waals surface area contributed by atoms with Gasteiger partial charge in [-0.25, -0.2) is 0 Å². The normalized spacial score (nSPS) is 10.0. The van der Waals surface area contributed by atoms with Gasteiger partial charge in [-0.1, -0.05) is 12.1 Å². The van der Waals surface area contributed by atoms with E-state index in [2.05, 4.69) is 0 Å². The molecule has 0 aromatic heterocycles. The van der Waals surface area contributed by atoms with Crippen LogP contribution in [-0.4, -0.2) is 12.4 Å². The predicted molar refractivity (Wildman–Crippen MR) is 74.1 cm³/mol. The maximum Gasteiger partial charge on any atom is 0.159 e. The molecular formula is C16H16O3. The van der Waals surface area contributed by atoms with Crippen LogP contribution in [0.15, 0.2) is 48.5 Å². The number of hydrogen-bond acceptors (Lipinski definition) is 3. The summed E-state index contributed by atoms with van der Waals surface area (Å²) < 4.78 is 11.1. The second-order valence-electron chi connectivity index (χ2n) is 4.09. The average molecular weight is 256 g/mol. The van der Waals surface area contributed by atoms with Gasteiger partial charge in [-0.05, 0) is 50.2 Å². The summed E-state index contributed by atoms with van der Waals surface area (Å²) in [6.07, 6.45) is 0. The van der Waals surface area contributed by atoms with Crippen LogP contribution in [0.1, 0.15) is 24.2 Å². The van der Waals surface area contributed by atoms with E-state index in [0.717, 1.165) is 5.75 Å². The van der Waals surface area contributed by atoms with E-state index in [1.165, 1.54) is 6.92 Å². The molecule has 0 fully saturated rings. The highest BCUT2D eigenvalue weighted by molar-refractivity contribution is 5.94. The van der Waals surface area contributed by atoms with Crippen LogP contribution < -0.4 is 9.47 Å². The average Bonchev–Trinajstić information content (AvgIpc) is 2.42. The molecule has 0 heterocycles. The number of carbonyl (C=O) groups is 1. The van der Waals surface area contributed by atoms with Gasteiger partial charge in [-0.15, -0.1) is 0 Å². The van der Waals surface area contributed by atoms with Gasteiger partial charge < -0.3 is 9.47 Å². The molecule has 0 saturated heterocycles. The van der Waals surface area contributed by atoms with Crippen LogP contribution in [0.5, 0.6) is 17.2 Å². The summed E-state index contributed by atoms with van der Waals surface area (Å²) in [5, 5.41) is 0. The first kappa shape index (κ1) is 13.1. The first-order valence-corrected chi connectivity index (χ1v) is 6.21. The third kappa shape index (κ3) is 3.58. The van der Waals surface area contributed by atoms with Crippen molar-refractivity contribution in [2.75, 3.05) is 6.61 Å². The van der Waals surface area contributed by atoms with Crippen molar-refractivity contribution in [3.05, 3.63) is 54.1 Å². The van der Waals surface area contributed by atoms with Gasteiger partial charge in [0.2, 0.25) is 0 Å². The maximum atomic E-state index is 11.3. The fourth-order valence-electron chi connectivity index (χ4n) is 1.69. The third-order valence-electron chi connectivity index (χ3n) is 2.61. The fourth-order valence-corrected chi connectivity index (χ4v) is 1.69. The van der Waals surface area contributed by atoms with Gasteiger partial charge in [0.05, 0.1) is 6.61 Å². The molecule has 3 nitrogen and oxygen atoms in total. The molecule has 98 valence electrons. The molecule has 0 atom stereocenters. The number of benzene rings is 2. The Balaban J connectivity index is 2.12. The Morgan fingerprint density at radius 1 is 1.00 bits per heavy atom. The lowest BCUT2D eigenvalue weighted by atomic mass is 10.1. The first-order chi connectivity index (χ1) is 9.19. The molecule has 0 spiro atoms. The minimum absolute atomic E-state index is 0.0251. The standard InChI is InChI=1S/C16H16O3/c1-3-18-14-7-9-15(10-8-14)19-16-6-4-5-13(11-16)12(2)17/h4-11H,3H2,1-2H3. The van der Waals surface area contributed by atoms with Gasteiger partial charge in [0, 0.05) is 5.56 Å². The van der Waals surface area contributed by atoms with Crippen molar-refractivity contribution in [1.29, 1.82) is 0 Å². The molecule has 0 aliphatic carbocycles. The SMILES string of the molecule is CCOc1ccc(Oc2cccc(C(C)=O)c2)cc1. The fraction of sp³-hybridized carbons (Fsp3) is 0.188. The highest BCUT2D eigenvalue weighted by Crippen LogP contribution is 2.24. The van der Waals surface area contributed by atoms with Gasteiger partial charge in [0.25, 0.3) is 0 Å². The lowest BCUT2D eigenvalue weighted by Crippen LogP contribution is -1.93. The van der Waals surface area contributed by atoms with E-state index < -0.39 is 0 Å². The Morgan fingerprint density at radius 2 is 1.68 bits per heavy atom. The van der Waals surface area contributed by atoms with Crippen molar-refractivity contribution in [3.63, 3.8) is 0 Å². The molecule has 0 radical (unpaired) electrons. The lowest BCUT2D eigenvalue weighted by molar-refractivity contribution is 0.101. The minimum Gasteiger partial charge on any atom is -0.494 e. The van der Waals surface area contributed by atoms with Crippen molar-refractivity contribution >= 4 is 5.78 Å². The predicted octanol–water partition coefficient (Wildman–Crippen LogP) is 4.08. The zero-order valence-corrected chi connectivity index (χ0v) is 11.1. The van der Waals surface area contributed by atoms with Crippen LogP contribution in [-0.2, 0) is 0 Å². The van der Waals surface area contributed by atoms with E-state index in [1.807, 2.05) is 37.3 Å². The largest absolute Gasteiger partial charge is 0.494 e. The van der Waals surface area contributed by atoms with E-state index in [4.69, 9.17) is 9.47 Å². The molecule has 0 unspecified atom stereocenters. The minimum atomic E-state index is 0.0251. The molecule has 0 aliphatic rings. The van der Waals surface area contributed by atoms with Crippen LogP contribution in [0.3, 0.4) is 0 Å². The summed E-state index contributed by atoms with van der Waals surface area (Å²) >= 11 is 0. The third-order valence-corrected chi connectivity index (χ3v) is 2.61. The summed E-state index contributed by atoms with van der Waals surface area (Å²) in [6.45, 7) is 4.12. The quantitative estimate of drug-likeness (QED) is 0.756. The van der Waals surface area contributed by atoms with Crippen molar-refractivity contribution in [1.82, 2.24) is 0 Å². The van der Waals surface area contributed by atoms with Gasteiger partial charge in [0.15, 0.2) is 5.78 Å². The van der Waals surface area contributed by atoms with E-state index in [1.54, 1.807) is 18.2 Å². The Kier molecular flexibility index (Phi) is 4.18. The summed E-state index contributed by atoms with van der Waals surface area (Å²) in [5.74, 6) is 2.20.